The number of methoxy groups -OCH3 is 1. The number of carbonyl (C=O) groups is 1. The number of aryl methyl sites for hydroxylation is 2. The summed E-state index contributed by atoms with van der Waals surface area (Å²) in [6.45, 7) is 2.19. The molecule has 0 unspecified atom stereocenters. The van der Waals surface area contributed by atoms with E-state index in [-0.39, 0.29) is 12.0 Å². The lowest BCUT2D eigenvalue weighted by molar-refractivity contribution is -0.0855. The summed E-state index contributed by atoms with van der Waals surface area (Å²) in [5.74, 6) is 0.781. The van der Waals surface area contributed by atoms with Crippen molar-refractivity contribution in [3.05, 3.63) is 65.2 Å². The second-order valence-corrected chi connectivity index (χ2v) is 6.29. The summed E-state index contributed by atoms with van der Waals surface area (Å²) in [5.41, 5.74) is 2.94. The monoisotopic (exact) mass is 355 g/mol. The van der Waals surface area contributed by atoms with E-state index in [4.69, 9.17) is 14.2 Å². The van der Waals surface area contributed by atoms with Gasteiger partial charge in [-0.15, -0.1) is 0 Å². The van der Waals surface area contributed by atoms with E-state index in [1.807, 2.05) is 42.5 Å². The Morgan fingerprint density at radius 3 is 2.85 bits per heavy atom. The number of benzene rings is 2. The van der Waals surface area contributed by atoms with Crippen molar-refractivity contribution < 1.29 is 19.0 Å². The second-order valence-electron chi connectivity index (χ2n) is 6.29. The molecule has 1 aliphatic rings. The molecule has 5 heteroatoms. The highest BCUT2D eigenvalue weighted by molar-refractivity contribution is 5.95. The quantitative estimate of drug-likeness (QED) is 0.830. The highest BCUT2D eigenvalue weighted by atomic mass is 16.6. The molecule has 1 atom stereocenters. The molecule has 0 radical (unpaired) electrons. The number of rotatable bonds is 7. The number of hydrogen-bond donors (Lipinski definition) is 1. The van der Waals surface area contributed by atoms with Crippen LogP contribution in [0.25, 0.3) is 0 Å². The van der Waals surface area contributed by atoms with Gasteiger partial charge in [0.1, 0.15) is 5.75 Å². The number of amides is 1. The average Bonchev–Trinajstić information content (AvgIpc) is 2.71. The van der Waals surface area contributed by atoms with Crippen LogP contribution in [0.3, 0.4) is 0 Å². The van der Waals surface area contributed by atoms with Gasteiger partial charge >= 0.3 is 0 Å². The molecule has 1 N–H and O–H groups in total. The van der Waals surface area contributed by atoms with Crippen molar-refractivity contribution in [3.8, 4) is 5.75 Å². The molecule has 1 heterocycles. The molecular weight excluding hydrogens is 330 g/mol. The number of ether oxygens (including phenoxy) is 3. The Kier molecular flexibility index (Phi) is 6.63. The average molecular weight is 355 g/mol. The predicted octanol–water partition coefficient (Wildman–Crippen LogP) is 2.63. The SMILES string of the molecule is COc1cccc(CCc2ccccc2C(=O)NC[C@H]2COCCO2)c1. The lowest BCUT2D eigenvalue weighted by Crippen LogP contribution is -2.39. The summed E-state index contributed by atoms with van der Waals surface area (Å²) >= 11 is 0. The summed E-state index contributed by atoms with van der Waals surface area (Å²) in [6, 6.07) is 15.8. The predicted molar refractivity (Wildman–Crippen MR) is 99.7 cm³/mol. The molecule has 2 aromatic rings. The van der Waals surface area contributed by atoms with Crippen LogP contribution in [0, 0.1) is 0 Å². The van der Waals surface area contributed by atoms with Crippen LogP contribution < -0.4 is 10.1 Å². The van der Waals surface area contributed by atoms with Gasteiger partial charge in [0.15, 0.2) is 0 Å². The van der Waals surface area contributed by atoms with E-state index in [1.54, 1.807) is 7.11 Å². The summed E-state index contributed by atoms with van der Waals surface area (Å²) in [6.07, 6.45) is 1.57. The van der Waals surface area contributed by atoms with Crippen molar-refractivity contribution >= 4 is 5.91 Å². The molecule has 1 fully saturated rings. The normalized spacial score (nSPS) is 16.9. The fourth-order valence-electron chi connectivity index (χ4n) is 3.02. The van der Waals surface area contributed by atoms with E-state index in [9.17, 15) is 4.79 Å². The topological polar surface area (TPSA) is 56.8 Å². The molecule has 3 rings (SSSR count). The fraction of sp³-hybridized carbons (Fsp3) is 0.381. The first-order valence-electron chi connectivity index (χ1n) is 8.94. The summed E-state index contributed by atoms with van der Waals surface area (Å²) in [5, 5.41) is 2.96. The molecule has 0 aromatic heterocycles. The van der Waals surface area contributed by atoms with Gasteiger partial charge < -0.3 is 19.5 Å². The van der Waals surface area contributed by atoms with Crippen molar-refractivity contribution in [2.24, 2.45) is 0 Å². The molecule has 0 saturated carbocycles. The van der Waals surface area contributed by atoms with Crippen molar-refractivity contribution in [2.75, 3.05) is 33.5 Å². The lowest BCUT2D eigenvalue weighted by Gasteiger charge is -2.23. The van der Waals surface area contributed by atoms with Crippen LogP contribution in [0.4, 0.5) is 0 Å². The van der Waals surface area contributed by atoms with Crippen LogP contribution in [0.2, 0.25) is 0 Å². The van der Waals surface area contributed by atoms with Crippen LogP contribution >= 0.6 is 0 Å². The molecular formula is C21H25NO4. The van der Waals surface area contributed by atoms with E-state index in [1.165, 1.54) is 5.56 Å². The van der Waals surface area contributed by atoms with Gasteiger partial charge in [-0.05, 0) is 42.2 Å². The van der Waals surface area contributed by atoms with Crippen LogP contribution in [-0.4, -0.2) is 45.5 Å². The maximum absolute atomic E-state index is 12.6. The second kappa shape index (κ2) is 9.36. The van der Waals surface area contributed by atoms with E-state index >= 15 is 0 Å². The summed E-state index contributed by atoms with van der Waals surface area (Å²) < 4.78 is 16.2. The molecule has 0 bridgehead atoms. The Hall–Kier alpha value is -2.37. The Bertz CT molecular complexity index is 725. The zero-order valence-electron chi connectivity index (χ0n) is 15.1. The van der Waals surface area contributed by atoms with Gasteiger partial charge in [-0.2, -0.15) is 0 Å². The minimum Gasteiger partial charge on any atom is -0.497 e. The van der Waals surface area contributed by atoms with Gasteiger partial charge in [0, 0.05) is 12.1 Å². The Morgan fingerprint density at radius 2 is 2.04 bits per heavy atom. The zero-order chi connectivity index (χ0) is 18.2. The standard InChI is InChI=1S/C21H25NO4/c1-24-18-7-4-5-16(13-18)9-10-17-6-2-3-8-20(17)21(23)22-14-19-15-25-11-12-26-19/h2-8,13,19H,9-12,14-15H2,1H3,(H,22,23)/t19-/m0/s1. The Labute approximate surface area is 154 Å². The lowest BCUT2D eigenvalue weighted by atomic mass is 9.99. The largest absolute Gasteiger partial charge is 0.497 e. The minimum absolute atomic E-state index is 0.0691. The van der Waals surface area contributed by atoms with Gasteiger partial charge in [-0.3, -0.25) is 4.79 Å². The first kappa shape index (κ1) is 18.4. The molecule has 26 heavy (non-hydrogen) atoms. The Morgan fingerprint density at radius 1 is 1.15 bits per heavy atom. The Balaban J connectivity index is 1.60. The van der Waals surface area contributed by atoms with Crippen molar-refractivity contribution in [3.63, 3.8) is 0 Å². The maximum Gasteiger partial charge on any atom is 0.251 e. The van der Waals surface area contributed by atoms with Gasteiger partial charge in [-0.1, -0.05) is 30.3 Å². The first-order valence-corrected chi connectivity index (χ1v) is 8.94. The molecule has 1 saturated heterocycles. The third kappa shape index (κ3) is 5.07. The molecule has 1 amide bonds. The van der Waals surface area contributed by atoms with E-state index in [2.05, 4.69) is 11.4 Å². The van der Waals surface area contributed by atoms with Crippen LogP contribution in [0.5, 0.6) is 5.75 Å². The van der Waals surface area contributed by atoms with Crippen LogP contribution in [0.1, 0.15) is 21.5 Å². The summed E-state index contributed by atoms with van der Waals surface area (Å²) in [4.78, 5) is 12.6. The fourth-order valence-corrected chi connectivity index (χ4v) is 3.02. The highest BCUT2D eigenvalue weighted by Gasteiger charge is 2.17. The van der Waals surface area contributed by atoms with E-state index in [0.29, 0.717) is 31.9 Å². The number of hydrogen-bond acceptors (Lipinski definition) is 4. The third-order valence-corrected chi connectivity index (χ3v) is 4.45. The van der Waals surface area contributed by atoms with Gasteiger partial charge in [0.05, 0.1) is 33.0 Å². The number of nitrogens with one attached hydrogen (secondary N) is 1. The molecule has 0 spiro atoms. The molecule has 0 aliphatic carbocycles. The van der Waals surface area contributed by atoms with Crippen LogP contribution in [0.15, 0.2) is 48.5 Å². The van der Waals surface area contributed by atoms with E-state index < -0.39 is 0 Å². The highest BCUT2D eigenvalue weighted by Crippen LogP contribution is 2.17. The molecule has 5 nitrogen and oxygen atoms in total. The van der Waals surface area contributed by atoms with E-state index in [0.717, 1.165) is 24.2 Å². The van der Waals surface area contributed by atoms with Gasteiger partial charge in [-0.25, -0.2) is 0 Å². The van der Waals surface area contributed by atoms with Gasteiger partial charge in [0.2, 0.25) is 0 Å². The third-order valence-electron chi connectivity index (χ3n) is 4.45. The summed E-state index contributed by atoms with van der Waals surface area (Å²) in [7, 11) is 1.67. The van der Waals surface area contributed by atoms with Crippen molar-refractivity contribution in [1.29, 1.82) is 0 Å². The minimum atomic E-state index is -0.0726. The maximum atomic E-state index is 12.6. The molecule has 2 aromatic carbocycles. The smallest absolute Gasteiger partial charge is 0.251 e. The molecule has 1 aliphatic heterocycles. The first-order chi connectivity index (χ1) is 12.8. The van der Waals surface area contributed by atoms with Crippen molar-refractivity contribution in [2.45, 2.75) is 18.9 Å². The number of carbonyl (C=O) groups excluding carboxylic acids is 1. The van der Waals surface area contributed by atoms with Crippen LogP contribution in [-0.2, 0) is 22.3 Å². The van der Waals surface area contributed by atoms with Gasteiger partial charge in [0.25, 0.3) is 5.91 Å². The van der Waals surface area contributed by atoms with Crippen molar-refractivity contribution in [1.82, 2.24) is 5.32 Å². The zero-order valence-corrected chi connectivity index (χ0v) is 15.1. The molecule has 138 valence electrons.